The Labute approximate surface area is 86.7 Å². The van der Waals surface area contributed by atoms with Gasteiger partial charge < -0.3 is 4.42 Å². The van der Waals surface area contributed by atoms with Crippen molar-refractivity contribution >= 4 is 0 Å². The lowest BCUT2D eigenvalue weighted by molar-refractivity contribution is 0.392. The minimum absolute atomic E-state index is 0.0101. The smallest absolute Gasteiger partial charge is 0.199 e. The average molecular weight is 195 g/mol. The number of hydrogen-bond donors (Lipinski definition) is 0. The van der Waals surface area contributed by atoms with Crippen LogP contribution < -0.4 is 0 Å². The highest BCUT2D eigenvalue weighted by Crippen LogP contribution is 2.24. The Balaban J connectivity index is 2.79. The van der Waals surface area contributed by atoms with Crippen LogP contribution in [0.3, 0.4) is 0 Å². The molecular weight excluding hydrogens is 174 g/mol. The van der Waals surface area contributed by atoms with Crippen LogP contribution in [0.1, 0.15) is 53.1 Å². The van der Waals surface area contributed by atoms with Crippen molar-refractivity contribution in [2.45, 2.75) is 53.4 Å². The maximum Gasteiger partial charge on any atom is 0.199 e. The summed E-state index contributed by atoms with van der Waals surface area (Å²) < 4.78 is 5.46. The van der Waals surface area contributed by atoms with Crippen LogP contribution in [0.5, 0.6) is 0 Å². The fourth-order valence-electron chi connectivity index (χ4n) is 1.28. The summed E-state index contributed by atoms with van der Waals surface area (Å²) in [6.07, 6.45) is 2.75. The Bertz CT molecular complexity index is 299. The highest BCUT2D eigenvalue weighted by molar-refractivity contribution is 5.05. The van der Waals surface area contributed by atoms with Gasteiger partial charge in [0.1, 0.15) is 6.26 Å². The van der Waals surface area contributed by atoms with Gasteiger partial charge in [0.05, 0.1) is 5.69 Å². The lowest BCUT2D eigenvalue weighted by Gasteiger charge is -2.15. The van der Waals surface area contributed by atoms with Crippen LogP contribution in [0.15, 0.2) is 10.7 Å². The third-order valence-corrected chi connectivity index (χ3v) is 1.90. The molecule has 0 bridgehead atoms. The Morgan fingerprint density at radius 3 is 2.07 bits per heavy atom. The zero-order chi connectivity index (χ0) is 11.0. The van der Waals surface area contributed by atoms with Crippen LogP contribution in [-0.2, 0) is 11.8 Å². The Morgan fingerprint density at radius 1 is 1.14 bits per heavy atom. The van der Waals surface area contributed by atoms with Crippen LogP contribution >= 0.6 is 0 Å². The molecule has 0 atom stereocenters. The molecule has 0 aliphatic carbocycles. The molecule has 0 saturated carbocycles. The highest BCUT2D eigenvalue weighted by atomic mass is 16.3. The fraction of sp³-hybridized carbons (Fsp3) is 0.750. The molecule has 1 aromatic heterocycles. The molecule has 0 N–H and O–H groups in total. The molecule has 1 aromatic rings. The number of aromatic nitrogens is 1. The first-order valence-corrected chi connectivity index (χ1v) is 5.13. The second-order valence-electron chi connectivity index (χ2n) is 6.13. The minimum Gasteiger partial charge on any atom is -0.448 e. The maximum atomic E-state index is 5.46. The summed E-state index contributed by atoms with van der Waals surface area (Å²) in [6.45, 7) is 13.0. The van der Waals surface area contributed by atoms with E-state index in [0.29, 0.717) is 0 Å². The van der Waals surface area contributed by atoms with Crippen molar-refractivity contribution in [3.63, 3.8) is 0 Å². The van der Waals surface area contributed by atoms with Crippen molar-refractivity contribution in [3.8, 4) is 0 Å². The third-order valence-electron chi connectivity index (χ3n) is 1.90. The van der Waals surface area contributed by atoms with Gasteiger partial charge in [-0.1, -0.05) is 41.5 Å². The summed E-state index contributed by atoms with van der Waals surface area (Å²) in [5, 5.41) is 0. The van der Waals surface area contributed by atoms with Gasteiger partial charge in [-0.05, 0) is 11.8 Å². The zero-order valence-electron chi connectivity index (χ0n) is 10.1. The van der Waals surface area contributed by atoms with Gasteiger partial charge in [-0.3, -0.25) is 0 Å². The van der Waals surface area contributed by atoms with Crippen molar-refractivity contribution in [1.82, 2.24) is 4.98 Å². The zero-order valence-corrected chi connectivity index (χ0v) is 10.1. The van der Waals surface area contributed by atoms with Gasteiger partial charge in [0.25, 0.3) is 0 Å². The first-order chi connectivity index (χ1) is 6.18. The van der Waals surface area contributed by atoms with E-state index in [9.17, 15) is 0 Å². The topological polar surface area (TPSA) is 26.0 Å². The molecular formula is C12H21NO. The summed E-state index contributed by atoms with van der Waals surface area (Å²) in [6, 6.07) is 0. The lowest BCUT2D eigenvalue weighted by Crippen LogP contribution is -2.13. The molecule has 0 fully saturated rings. The molecule has 0 aliphatic heterocycles. The average Bonchev–Trinajstić information content (AvgIpc) is 2.29. The summed E-state index contributed by atoms with van der Waals surface area (Å²) >= 11 is 0. The van der Waals surface area contributed by atoms with E-state index in [1.54, 1.807) is 6.26 Å². The number of rotatable bonds is 1. The summed E-state index contributed by atoms with van der Waals surface area (Å²) in [5.74, 6) is 0.830. The molecule has 0 amide bonds. The Hall–Kier alpha value is -0.790. The van der Waals surface area contributed by atoms with E-state index in [4.69, 9.17) is 4.42 Å². The van der Waals surface area contributed by atoms with Crippen molar-refractivity contribution in [2.75, 3.05) is 0 Å². The molecule has 0 radical (unpaired) electrons. The monoisotopic (exact) mass is 195 g/mol. The molecule has 2 heteroatoms. The predicted octanol–water partition coefficient (Wildman–Crippen LogP) is 3.56. The maximum absolute atomic E-state index is 5.46. The van der Waals surface area contributed by atoms with E-state index < -0.39 is 0 Å². The molecule has 1 heterocycles. The van der Waals surface area contributed by atoms with E-state index in [1.807, 2.05) is 0 Å². The van der Waals surface area contributed by atoms with E-state index in [2.05, 4.69) is 46.5 Å². The number of hydrogen-bond acceptors (Lipinski definition) is 2. The molecule has 14 heavy (non-hydrogen) atoms. The molecule has 80 valence electrons. The summed E-state index contributed by atoms with van der Waals surface area (Å²) in [4.78, 5) is 4.50. The third kappa shape index (κ3) is 3.17. The van der Waals surface area contributed by atoms with E-state index >= 15 is 0 Å². The second-order valence-corrected chi connectivity index (χ2v) is 6.13. The molecule has 0 aliphatic rings. The van der Waals surface area contributed by atoms with Gasteiger partial charge in [-0.25, -0.2) is 4.98 Å². The van der Waals surface area contributed by atoms with Crippen molar-refractivity contribution < 1.29 is 4.42 Å². The van der Waals surface area contributed by atoms with Crippen LogP contribution in [0.25, 0.3) is 0 Å². The second kappa shape index (κ2) is 3.41. The normalized spacial score (nSPS) is 13.3. The van der Waals surface area contributed by atoms with Crippen molar-refractivity contribution in [1.29, 1.82) is 0 Å². The van der Waals surface area contributed by atoms with E-state index in [1.165, 1.54) is 0 Å². The van der Waals surface area contributed by atoms with Crippen LogP contribution in [0, 0.1) is 5.41 Å². The van der Waals surface area contributed by atoms with Gasteiger partial charge in [0.2, 0.25) is 0 Å². The Kier molecular flexibility index (Phi) is 2.75. The standard InChI is InChI=1S/C12H21NO/c1-11(2,3)7-9-8-14-10(13-9)12(4,5)6/h8H,7H2,1-6H3. The fourth-order valence-corrected chi connectivity index (χ4v) is 1.28. The molecule has 1 rings (SSSR count). The molecule has 0 unspecified atom stereocenters. The van der Waals surface area contributed by atoms with Gasteiger partial charge in [0.15, 0.2) is 5.89 Å². The van der Waals surface area contributed by atoms with Gasteiger partial charge in [-0.15, -0.1) is 0 Å². The van der Waals surface area contributed by atoms with Crippen molar-refractivity contribution in [3.05, 3.63) is 17.8 Å². The molecule has 0 aromatic carbocycles. The summed E-state index contributed by atoms with van der Waals surface area (Å²) in [5.41, 5.74) is 1.34. The molecule has 0 spiro atoms. The van der Waals surface area contributed by atoms with E-state index in [-0.39, 0.29) is 10.8 Å². The minimum atomic E-state index is 0.0101. The van der Waals surface area contributed by atoms with Gasteiger partial charge in [-0.2, -0.15) is 0 Å². The molecule has 0 saturated heterocycles. The number of oxazole rings is 1. The first kappa shape index (κ1) is 11.3. The quantitative estimate of drug-likeness (QED) is 0.684. The first-order valence-electron chi connectivity index (χ1n) is 5.13. The van der Waals surface area contributed by atoms with Crippen LogP contribution in [0.2, 0.25) is 0 Å². The largest absolute Gasteiger partial charge is 0.448 e. The SMILES string of the molecule is CC(C)(C)Cc1coc(C(C)(C)C)n1. The van der Waals surface area contributed by atoms with Crippen LogP contribution in [-0.4, -0.2) is 4.98 Å². The lowest BCUT2D eigenvalue weighted by atomic mass is 9.91. The van der Waals surface area contributed by atoms with Gasteiger partial charge in [0, 0.05) is 5.41 Å². The number of nitrogens with zero attached hydrogens (tertiary/aromatic N) is 1. The Morgan fingerprint density at radius 2 is 1.71 bits per heavy atom. The summed E-state index contributed by atoms with van der Waals surface area (Å²) in [7, 11) is 0. The van der Waals surface area contributed by atoms with Crippen LogP contribution in [0.4, 0.5) is 0 Å². The highest BCUT2D eigenvalue weighted by Gasteiger charge is 2.21. The van der Waals surface area contributed by atoms with E-state index in [0.717, 1.165) is 18.0 Å². The molecule has 2 nitrogen and oxygen atoms in total. The predicted molar refractivity (Wildman–Crippen MR) is 58.4 cm³/mol. The van der Waals surface area contributed by atoms with Crippen molar-refractivity contribution in [2.24, 2.45) is 5.41 Å². The van der Waals surface area contributed by atoms with Gasteiger partial charge >= 0.3 is 0 Å².